The lowest BCUT2D eigenvalue weighted by molar-refractivity contribution is -0.220. The van der Waals surface area contributed by atoms with Crippen molar-refractivity contribution in [2.75, 3.05) is 19.8 Å². The molecule has 0 radical (unpaired) electrons. The van der Waals surface area contributed by atoms with E-state index >= 15 is 0 Å². The third-order valence-electron chi connectivity index (χ3n) is 10.5. The highest BCUT2D eigenvalue weighted by atomic mass is 31.2. The maximum atomic E-state index is 12.8. The minimum Gasteiger partial charge on any atom is -0.457 e. The van der Waals surface area contributed by atoms with Gasteiger partial charge in [-0.2, -0.15) is 0 Å². The molecule has 1 aliphatic rings. The van der Waals surface area contributed by atoms with Crippen LogP contribution in [0.3, 0.4) is 0 Å². The van der Waals surface area contributed by atoms with Crippen molar-refractivity contribution in [1.82, 2.24) is 0 Å². The summed E-state index contributed by atoms with van der Waals surface area (Å²) in [7, 11) is -5.02. The number of phosphoric ester groups is 1. The first-order chi connectivity index (χ1) is 28.5. The van der Waals surface area contributed by atoms with Crippen LogP contribution >= 0.6 is 7.82 Å². The Kier molecular flexibility index (Phi) is 34.6. The van der Waals surface area contributed by atoms with E-state index in [0.29, 0.717) is 13.0 Å². The van der Waals surface area contributed by atoms with Crippen LogP contribution < -0.4 is 0 Å². The summed E-state index contributed by atoms with van der Waals surface area (Å²) in [5.74, 6) is -0.483. The highest BCUT2D eigenvalue weighted by Crippen LogP contribution is 2.47. The molecular formula is C46H83O12P. The van der Waals surface area contributed by atoms with Gasteiger partial charge in [0.15, 0.2) is 0 Å². The molecule has 1 saturated carbocycles. The van der Waals surface area contributed by atoms with Gasteiger partial charge in [-0.1, -0.05) is 165 Å². The van der Waals surface area contributed by atoms with E-state index in [9.17, 15) is 39.8 Å². The minimum atomic E-state index is -5.02. The van der Waals surface area contributed by atoms with Crippen LogP contribution in [0.2, 0.25) is 0 Å². The third kappa shape index (κ3) is 29.3. The summed E-state index contributed by atoms with van der Waals surface area (Å²) in [6.07, 6.45) is 31.8. The predicted octanol–water partition coefficient (Wildman–Crippen LogP) is 9.25. The van der Waals surface area contributed by atoms with Crippen molar-refractivity contribution in [3.8, 4) is 0 Å². The molecule has 0 saturated heterocycles. The van der Waals surface area contributed by atoms with Gasteiger partial charge in [0.2, 0.25) is 0 Å². The Bertz CT molecular complexity index is 1160. The number of allylic oxidation sites excluding steroid dienone is 8. The van der Waals surface area contributed by atoms with Crippen LogP contribution in [-0.4, -0.2) is 98.9 Å². The van der Waals surface area contributed by atoms with E-state index in [1.807, 2.05) is 0 Å². The molecule has 1 rings (SSSR count). The van der Waals surface area contributed by atoms with Crippen molar-refractivity contribution in [1.29, 1.82) is 0 Å². The Hall–Kier alpha value is -1.70. The Morgan fingerprint density at radius 2 is 1.00 bits per heavy atom. The molecule has 0 heterocycles. The molecule has 0 aliphatic heterocycles. The van der Waals surface area contributed by atoms with Gasteiger partial charge in [-0.25, -0.2) is 4.57 Å². The Morgan fingerprint density at radius 1 is 0.559 bits per heavy atom. The number of carbonyl (C=O) groups is 1. The average Bonchev–Trinajstić information content (AvgIpc) is 3.22. The van der Waals surface area contributed by atoms with Crippen molar-refractivity contribution >= 4 is 13.8 Å². The number of rotatable bonds is 38. The Morgan fingerprint density at radius 3 is 1.53 bits per heavy atom. The zero-order chi connectivity index (χ0) is 43.4. The minimum absolute atomic E-state index is 0.0835. The zero-order valence-electron chi connectivity index (χ0n) is 36.5. The maximum Gasteiger partial charge on any atom is 0.472 e. The second-order valence-electron chi connectivity index (χ2n) is 15.9. The van der Waals surface area contributed by atoms with E-state index in [4.69, 9.17) is 18.5 Å². The first kappa shape index (κ1) is 55.3. The molecule has 12 nitrogen and oxygen atoms in total. The number of hydrogen-bond acceptors (Lipinski definition) is 11. The molecule has 0 amide bonds. The summed E-state index contributed by atoms with van der Waals surface area (Å²) in [6, 6.07) is 0. The molecule has 0 aromatic rings. The van der Waals surface area contributed by atoms with Crippen LogP contribution in [0.5, 0.6) is 0 Å². The summed E-state index contributed by atoms with van der Waals surface area (Å²) in [5.41, 5.74) is 0. The van der Waals surface area contributed by atoms with Gasteiger partial charge in [-0.15, -0.1) is 0 Å². The molecule has 6 N–H and O–H groups in total. The third-order valence-corrected chi connectivity index (χ3v) is 11.5. The Balaban J connectivity index is 2.38. The van der Waals surface area contributed by atoms with Gasteiger partial charge in [0.1, 0.15) is 42.7 Å². The van der Waals surface area contributed by atoms with E-state index in [-0.39, 0.29) is 13.0 Å². The van der Waals surface area contributed by atoms with Gasteiger partial charge in [-0.05, 0) is 51.4 Å². The van der Waals surface area contributed by atoms with E-state index in [2.05, 4.69) is 62.5 Å². The molecule has 1 fully saturated rings. The number of aliphatic hydroxyl groups is 5. The fraction of sp³-hybridized carbons (Fsp3) is 0.804. The van der Waals surface area contributed by atoms with Crippen LogP contribution in [0.1, 0.15) is 174 Å². The largest absolute Gasteiger partial charge is 0.472 e. The molecule has 59 heavy (non-hydrogen) atoms. The van der Waals surface area contributed by atoms with E-state index in [0.717, 1.165) is 77.0 Å². The zero-order valence-corrected chi connectivity index (χ0v) is 37.4. The summed E-state index contributed by atoms with van der Waals surface area (Å²) < 4.78 is 34.1. The smallest absolute Gasteiger partial charge is 0.457 e. The highest BCUT2D eigenvalue weighted by Gasteiger charge is 2.51. The normalized spacial score (nSPS) is 22.9. The van der Waals surface area contributed by atoms with Crippen molar-refractivity contribution < 1.29 is 58.3 Å². The summed E-state index contributed by atoms with van der Waals surface area (Å²) in [5, 5.41) is 50.1. The molecule has 0 aromatic heterocycles. The Labute approximate surface area is 356 Å². The maximum absolute atomic E-state index is 12.8. The topological polar surface area (TPSA) is 192 Å². The fourth-order valence-electron chi connectivity index (χ4n) is 6.82. The van der Waals surface area contributed by atoms with Crippen molar-refractivity contribution in [2.45, 2.75) is 217 Å². The monoisotopic (exact) mass is 859 g/mol. The first-order valence-corrected chi connectivity index (χ1v) is 24.5. The van der Waals surface area contributed by atoms with Crippen LogP contribution in [0, 0.1) is 0 Å². The predicted molar refractivity (Wildman–Crippen MR) is 235 cm³/mol. The van der Waals surface area contributed by atoms with Gasteiger partial charge in [-0.3, -0.25) is 13.8 Å². The average molecular weight is 859 g/mol. The van der Waals surface area contributed by atoms with Gasteiger partial charge >= 0.3 is 13.8 Å². The lowest BCUT2D eigenvalue weighted by Crippen LogP contribution is -2.64. The van der Waals surface area contributed by atoms with Crippen molar-refractivity contribution in [3.63, 3.8) is 0 Å². The molecule has 0 aromatic carbocycles. The van der Waals surface area contributed by atoms with Crippen LogP contribution in [0.4, 0.5) is 0 Å². The number of phosphoric acid groups is 1. The van der Waals surface area contributed by atoms with E-state index in [1.165, 1.54) is 70.6 Å². The van der Waals surface area contributed by atoms with Gasteiger partial charge in [0.05, 0.1) is 13.2 Å². The molecule has 13 heteroatoms. The van der Waals surface area contributed by atoms with Crippen molar-refractivity contribution in [3.05, 3.63) is 48.6 Å². The highest BCUT2D eigenvalue weighted by molar-refractivity contribution is 7.47. The van der Waals surface area contributed by atoms with E-state index < -0.39 is 63.1 Å². The quantitative estimate of drug-likeness (QED) is 0.0150. The van der Waals surface area contributed by atoms with Crippen molar-refractivity contribution in [2.24, 2.45) is 0 Å². The molecule has 1 aliphatic carbocycles. The molecule has 6 unspecified atom stereocenters. The van der Waals surface area contributed by atoms with Gasteiger partial charge < -0.3 is 39.9 Å². The molecule has 344 valence electrons. The summed E-state index contributed by atoms with van der Waals surface area (Å²) in [6.45, 7) is 4.11. The summed E-state index contributed by atoms with van der Waals surface area (Å²) >= 11 is 0. The number of esters is 1. The van der Waals surface area contributed by atoms with E-state index in [1.54, 1.807) is 0 Å². The molecule has 0 bridgehead atoms. The number of unbranched alkanes of at least 4 members (excludes halogenated alkanes) is 18. The number of ether oxygens (including phenoxy) is 2. The fourth-order valence-corrected chi connectivity index (χ4v) is 7.79. The van der Waals surface area contributed by atoms with Crippen LogP contribution in [-0.2, 0) is 27.9 Å². The molecule has 0 spiro atoms. The lowest BCUT2D eigenvalue weighted by Gasteiger charge is -2.41. The standard InChI is InChI=1S/C46H83O12P/c1-3-5-7-9-11-13-15-17-18-19-20-21-22-23-24-26-28-30-32-34-36-55-37-39(57-40(47)35-33-31-29-27-25-16-14-12-10-8-6-4-2)38-56-59(53,54)58-46-44(51)42(49)41(48)43(50)45(46)52/h5,7,11,13,17-18,20-21,39,41-46,48-52H,3-4,6,8-10,12,14-16,19,22-38H2,1-2H3,(H,53,54)/b7-5-,13-11-,18-17-,21-20-. The second kappa shape index (κ2) is 36.9. The van der Waals surface area contributed by atoms with Crippen LogP contribution in [0.25, 0.3) is 0 Å². The lowest BCUT2D eigenvalue weighted by atomic mass is 9.85. The molecule has 6 atom stereocenters. The van der Waals surface area contributed by atoms with Gasteiger partial charge in [0.25, 0.3) is 0 Å². The number of hydrogen-bond donors (Lipinski definition) is 6. The van der Waals surface area contributed by atoms with Gasteiger partial charge in [0, 0.05) is 13.0 Å². The number of aliphatic hydroxyl groups excluding tert-OH is 5. The SMILES string of the molecule is CC/C=C\C/C=C\C/C=C\C/C=C\CCCCCCCCCOCC(COP(=O)(O)OC1C(O)C(O)C(O)C(O)C1O)OC(=O)CCCCCCCCCCCCCC. The summed E-state index contributed by atoms with van der Waals surface area (Å²) in [4.78, 5) is 23.1. The molecular weight excluding hydrogens is 775 g/mol. The first-order valence-electron chi connectivity index (χ1n) is 23.0. The second-order valence-corrected chi connectivity index (χ2v) is 17.3. The number of carbonyl (C=O) groups excluding carboxylic acids is 1. The van der Waals surface area contributed by atoms with Crippen LogP contribution in [0.15, 0.2) is 48.6 Å².